The fraction of sp³-hybridized carbons (Fsp3) is 1.00. The van der Waals surface area contributed by atoms with Crippen molar-refractivity contribution in [2.45, 2.75) is 52.2 Å². The van der Waals surface area contributed by atoms with Gasteiger partial charge in [-0.1, -0.05) is 27.2 Å². The highest BCUT2D eigenvalue weighted by molar-refractivity contribution is 4.92. The third-order valence-electron chi connectivity index (χ3n) is 4.44. The highest BCUT2D eigenvalue weighted by Crippen LogP contribution is 2.28. The second-order valence-electron chi connectivity index (χ2n) is 6.61. The van der Waals surface area contributed by atoms with Crippen LogP contribution in [0.2, 0.25) is 0 Å². The second-order valence-corrected chi connectivity index (χ2v) is 6.61. The number of likely N-dealkylation sites (tertiary alicyclic amines) is 2. The van der Waals surface area contributed by atoms with Crippen LogP contribution in [-0.2, 0) is 0 Å². The van der Waals surface area contributed by atoms with Gasteiger partial charge >= 0.3 is 0 Å². The van der Waals surface area contributed by atoms with Crippen LogP contribution in [-0.4, -0.2) is 54.7 Å². The predicted molar refractivity (Wildman–Crippen MR) is 74.6 cm³/mol. The molecule has 0 amide bonds. The number of hydrogen-bond acceptors (Lipinski definition) is 2. The lowest BCUT2D eigenvalue weighted by atomic mass is 9.89. The molecule has 0 radical (unpaired) electrons. The summed E-state index contributed by atoms with van der Waals surface area (Å²) in [5.41, 5.74) is 0. The zero-order valence-corrected chi connectivity index (χ0v) is 12.2. The Bertz CT molecular complexity index is 251. The van der Waals surface area contributed by atoms with E-state index in [1.165, 1.54) is 6.54 Å². The molecule has 0 aromatic carbocycles. The Kier molecular flexibility index (Phi) is 5.02. The van der Waals surface area contributed by atoms with Crippen LogP contribution in [0.4, 0.5) is 4.39 Å². The first-order valence-corrected chi connectivity index (χ1v) is 7.70. The summed E-state index contributed by atoms with van der Waals surface area (Å²) in [4.78, 5) is 4.90. The largest absolute Gasteiger partial charge is 0.300 e. The predicted octanol–water partition coefficient (Wildman–Crippen LogP) is 2.79. The Morgan fingerprint density at radius 1 is 1.22 bits per heavy atom. The Morgan fingerprint density at radius 2 is 1.94 bits per heavy atom. The van der Waals surface area contributed by atoms with Crippen molar-refractivity contribution in [1.29, 1.82) is 0 Å². The average molecular weight is 256 g/mol. The zero-order chi connectivity index (χ0) is 13.1. The van der Waals surface area contributed by atoms with Crippen molar-refractivity contribution in [3.05, 3.63) is 0 Å². The van der Waals surface area contributed by atoms with E-state index < -0.39 is 6.17 Å². The summed E-state index contributed by atoms with van der Waals surface area (Å²) in [5.74, 6) is 1.08. The van der Waals surface area contributed by atoms with Gasteiger partial charge in [-0.2, -0.15) is 0 Å². The molecular weight excluding hydrogens is 227 g/mol. The second kappa shape index (κ2) is 6.33. The molecule has 2 atom stereocenters. The van der Waals surface area contributed by atoms with Crippen LogP contribution in [0.3, 0.4) is 0 Å². The van der Waals surface area contributed by atoms with E-state index in [0.29, 0.717) is 18.5 Å². The smallest absolute Gasteiger partial charge is 0.116 e. The van der Waals surface area contributed by atoms with Crippen molar-refractivity contribution in [3.8, 4) is 0 Å². The molecular formula is C15H29FN2. The van der Waals surface area contributed by atoms with Gasteiger partial charge in [0.1, 0.15) is 6.17 Å². The summed E-state index contributed by atoms with van der Waals surface area (Å²) in [5, 5.41) is 0. The molecule has 3 heteroatoms. The van der Waals surface area contributed by atoms with E-state index in [2.05, 4.69) is 30.6 Å². The molecule has 0 spiro atoms. The molecule has 2 heterocycles. The summed E-state index contributed by atoms with van der Waals surface area (Å²) in [6, 6.07) is 0.629. The summed E-state index contributed by atoms with van der Waals surface area (Å²) in [6.45, 7) is 12.0. The van der Waals surface area contributed by atoms with Gasteiger partial charge in [-0.25, -0.2) is 4.39 Å². The summed E-state index contributed by atoms with van der Waals surface area (Å²) >= 11 is 0. The van der Waals surface area contributed by atoms with Crippen molar-refractivity contribution in [2.24, 2.45) is 11.8 Å². The Hall–Kier alpha value is -0.150. The highest BCUT2D eigenvalue weighted by atomic mass is 19.1. The number of halogens is 1. The van der Waals surface area contributed by atoms with Gasteiger partial charge < -0.3 is 0 Å². The molecule has 2 aliphatic rings. The summed E-state index contributed by atoms with van der Waals surface area (Å²) < 4.78 is 14.1. The molecule has 0 bridgehead atoms. The lowest BCUT2D eigenvalue weighted by Gasteiger charge is -2.49. The third kappa shape index (κ3) is 3.45. The molecule has 0 N–H and O–H groups in total. The van der Waals surface area contributed by atoms with Crippen LogP contribution in [0.25, 0.3) is 0 Å². The van der Waals surface area contributed by atoms with Crippen LogP contribution < -0.4 is 0 Å². The van der Waals surface area contributed by atoms with Gasteiger partial charge in [0.2, 0.25) is 0 Å². The lowest BCUT2D eigenvalue weighted by molar-refractivity contribution is -0.0184. The molecule has 0 aromatic rings. The maximum Gasteiger partial charge on any atom is 0.116 e. The van der Waals surface area contributed by atoms with Gasteiger partial charge in [0.05, 0.1) is 0 Å². The van der Waals surface area contributed by atoms with Crippen molar-refractivity contribution < 1.29 is 4.39 Å². The van der Waals surface area contributed by atoms with Gasteiger partial charge in [0, 0.05) is 32.2 Å². The number of rotatable bonds is 5. The SMILES string of the molecule is CCCC1CCN(C2CN(CC(C)C)C2)CC1F. The maximum absolute atomic E-state index is 14.1. The van der Waals surface area contributed by atoms with Crippen LogP contribution >= 0.6 is 0 Å². The topological polar surface area (TPSA) is 6.48 Å². The Labute approximate surface area is 112 Å². The van der Waals surface area contributed by atoms with Crippen molar-refractivity contribution in [1.82, 2.24) is 9.80 Å². The van der Waals surface area contributed by atoms with Crippen LogP contribution in [0, 0.1) is 11.8 Å². The van der Waals surface area contributed by atoms with Crippen LogP contribution in [0.5, 0.6) is 0 Å². The number of alkyl halides is 1. The Balaban J connectivity index is 1.70. The molecule has 18 heavy (non-hydrogen) atoms. The maximum atomic E-state index is 14.1. The van der Waals surface area contributed by atoms with E-state index in [1.54, 1.807) is 0 Å². The van der Waals surface area contributed by atoms with Crippen LogP contribution in [0.15, 0.2) is 0 Å². The quantitative estimate of drug-likeness (QED) is 0.746. The molecule has 106 valence electrons. The van der Waals surface area contributed by atoms with Crippen LogP contribution in [0.1, 0.15) is 40.0 Å². The minimum Gasteiger partial charge on any atom is -0.300 e. The molecule has 2 rings (SSSR count). The molecule has 0 saturated carbocycles. The fourth-order valence-corrected chi connectivity index (χ4v) is 3.44. The summed E-state index contributed by atoms with van der Waals surface area (Å²) in [6.07, 6.45) is 2.67. The van der Waals surface area contributed by atoms with Crippen molar-refractivity contribution >= 4 is 0 Å². The molecule has 2 unspecified atom stereocenters. The van der Waals surface area contributed by atoms with Gasteiger partial charge in [-0.15, -0.1) is 0 Å². The zero-order valence-electron chi connectivity index (χ0n) is 12.2. The molecule has 0 aromatic heterocycles. The number of hydrogen-bond donors (Lipinski definition) is 0. The van der Waals surface area contributed by atoms with Gasteiger partial charge in [-0.3, -0.25) is 9.80 Å². The minimum atomic E-state index is -0.585. The standard InChI is InChI=1S/C15H29FN2/c1-4-5-13-6-7-18(11-15(13)16)14-9-17(10-14)8-12(2)3/h12-15H,4-11H2,1-3H3. The molecule has 0 aliphatic carbocycles. The van der Waals surface area contributed by atoms with E-state index in [4.69, 9.17) is 0 Å². The van der Waals surface area contributed by atoms with Gasteiger partial charge in [0.15, 0.2) is 0 Å². The number of nitrogens with zero attached hydrogens (tertiary/aromatic N) is 2. The number of piperidine rings is 1. The highest BCUT2D eigenvalue weighted by Gasteiger charge is 2.37. The van der Waals surface area contributed by atoms with E-state index >= 15 is 0 Å². The summed E-state index contributed by atoms with van der Waals surface area (Å²) in [7, 11) is 0. The van der Waals surface area contributed by atoms with Gasteiger partial charge in [-0.05, 0) is 31.2 Å². The molecule has 2 fully saturated rings. The normalized spacial score (nSPS) is 31.8. The Morgan fingerprint density at radius 3 is 2.50 bits per heavy atom. The minimum absolute atomic E-state index is 0.332. The first-order valence-electron chi connectivity index (χ1n) is 7.70. The van der Waals surface area contributed by atoms with E-state index in [9.17, 15) is 4.39 Å². The van der Waals surface area contributed by atoms with Crippen molar-refractivity contribution in [3.63, 3.8) is 0 Å². The molecule has 2 aliphatic heterocycles. The van der Waals surface area contributed by atoms with E-state index in [1.807, 2.05) is 0 Å². The average Bonchev–Trinajstić information content (AvgIpc) is 2.26. The van der Waals surface area contributed by atoms with E-state index in [-0.39, 0.29) is 0 Å². The van der Waals surface area contributed by atoms with E-state index in [0.717, 1.165) is 44.8 Å². The first-order chi connectivity index (χ1) is 8.60. The van der Waals surface area contributed by atoms with Gasteiger partial charge in [0.25, 0.3) is 0 Å². The monoisotopic (exact) mass is 256 g/mol. The lowest BCUT2D eigenvalue weighted by Crippen LogP contribution is -2.62. The molecule has 2 saturated heterocycles. The van der Waals surface area contributed by atoms with Crippen molar-refractivity contribution in [2.75, 3.05) is 32.7 Å². The molecule has 2 nitrogen and oxygen atoms in total. The first kappa shape index (κ1) is 14.3. The fourth-order valence-electron chi connectivity index (χ4n) is 3.44. The third-order valence-corrected chi connectivity index (χ3v) is 4.44.